The van der Waals surface area contributed by atoms with Crippen LogP contribution in [0.2, 0.25) is 0 Å². The second-order valence-electron chi connectivity index (χ2n) is 8.53. The fraction of sp³-hybridized carbons (Fsp3) is 0.500. The minimum atomic E-state index is 0. The Morgan fingerprint density at radius 1 is 0.600 bits per heavy atom. The zero-order valence-corrected chi connectivity index (χ0v) is 23.4. The molecule has 0 amide bonds. The number of benzene rings is 2. The van der Waals surface area contributed by atoms with Crippen LogP contribution < -0.4 is 30.2 Å². The van der Waals surface area contributed by atoms with Crippen LogP contribution >= 0.6 is 0 Å². The van der Waals surface area contributed by atoms with Crippen LogP contribution in [-0.4, -0.2) is 0 Å². The normalized spacial score (nSPS) is 10.9. The number of nitrogens with zero attached hydrogens (tertiary/aromatic N) is 2. The minimum absolute atomic E-state index is 0. The molecule has 0 fully saturated rings. The van der Waals surface area contributed by atoms with Gasteiger partial charge in [0, 0.05) is 0 Å². The molecule has 0 atom stereocenters. The molecule has 0 saturated heterocycles. The van der Waals surface area contributed by atoms with Gasteiger partial charge in [0.05, 0.1) is 11.4 Å². The van der Waals surface area contributed by atoms with Gasteiger partial charge in [-0.1, -0.05) is 97.0 Å². The van der Waals surface area contributed by atoms with Crippen LogP contribution in [0, 0.1) is 0 Å². The second kappa shape index (κ2) is 14.4. The Morgan fingerprint density at radius 3 is 1.27 bits per heavy atom. The number of nitrogens with one attached hydrogen (secondary N) is 1. The van der Waals surface area contributed by atoms with Crippen molar-refractivity contribution in [2.24, 2.45) is 10.3 Å². The van der Waals surface area contributed by atoms with Gasteiger partial charge in [-0.3, -0.25) is 5.43 Å². The molecule has 0 aliphatic heterocycles. The van der Waals surface area contributed by atoms with Crippen molar-refractivity contribution < 1.29 is 51.0 Å². The van der Waals surface area contributed by atoms with E-state index in [-0.39, 0.29) is 51.0 Å². The van der Waals surface area contributed by atoms with E-state index in [1.807, 2.05) is 0 Å². The van der Waals surface area contributed by atoms with Gasteiger partial charge in [-0.25, -0.2) is 0 Å². The summed E-state index contributed by atoms with van der Waals surface area (Å²) in [5, 5.41) is 9.12. The number of hydrogen-bond acceptors (Lipinski definition) is 2. The summed E-state index contributed by atoms with van der Waals surface area (Å²) in [4.78, 5) is 0. The molecule has 0 spiro atoms. The van der Waals surface area contributed by atoms with Gasteiger partial charge in [-0.15, -0.1) is 5.11 Å². The maximum absolute atomic E-state index is 4.66. The summed E-state index contributed by atoms with van der Waals surface area (Å²) in [5.74, 6) is 1.67. The first-order valence-electron chi connectivity index (χ1n) is 10.2. The largest absolute Gasteiger partial charge is 2.00 e. The first-order valence-corrected chi connectivity index (χ1v) is 10.2. The van der Waals surface area contributed by atoms with Gasteiger partial charge >= 0.3 is 26.2 Å². The van der Waals surface area contributed by atoms with E-state index in [1.165, 1.54) is 22.3 Å². The maximum Gasteiger partial charge on any atom is 2.00 e. The predicted octanol–water partition coefficient (Wildman–Crippen LogP) is 2.30. The van der Waals surface area contributed by atoms with Gasteiger partial charge in [0.1, 0.15) is 0 Å². The van der Waals surface area contributed by atoms with Crippen LogP contribution in [-0.2, 0) is 26.2 Å². The van der Waals surface area contributed by atoms with Crippen molar-refractivity contribution in [1.29, 1.82) is 0 Å². The molecular formula is C24H35Cl2N3Zr. The Hall–Kier alpha value is -0.697. The summed E-state index contributed by atoms with van der Waals surface area (Å²) >= 11 is 0. The molecule has 3 nitrogen and oxygen atoms in total. The number of anilines is 1. The van der Waals surface area contributed by atoms with E-state index in [1.54, 1.807) is 0 Å². The van der Waals surface area contributed by atoms with Gasteiger partial charge in [-0.2, -0.15) is 0 Å². The first kappa shape index (κ1) is 31.5. The molecule has 2 rings (SSSR count). The van der Waals surface area contributed by atoms with Gasteiger partial charge in [0.15, 0.2) is 0 Å². The smallest absolute Gasteiger partial charge is 1.00 e. The third-order valence-electron chi connectivity index (χ3n) is 5.03. The summed E-state index contributed by atoms with van der Waals surface area (Å²) in [7, 11) is 0. The second-order valence-corrected chi connectivity index (χ2v) is 8.53. The zero-order valence-electron chi connectivity index (χ0n) is 19.4. The number of para-hydroxylation sites is 1. The van der Waals surface area contributed by atoms with Gasteiger partial charge in [0.2, 0.25) is 0 Å². The molecule has 0 bridgehead atoms. The van der Waals surface area contributed by atoms with E-state index in [0.29, 0.717) is 23.7 Å². The molecule has 6 heteroatoms. The average molecular weight is 528 g/mol. The molecule has 0 aliphatic carbocycles. The van der Waals surface area contributed by atoms with E-state index in [2.05, 4.69) is 108 Å². The van der Waals surface area contributed by atoms with Crippen LogP contribution in [0.3, 0.4) is 0 Å². The van der Waals surface area contributed by atoms with Crippen molar-refractivity contribution in [3.05, 3.63) is 58.7 Å². The fourth-order valence-corrected chi connectivity index (χ4v) is 3.43. The van der Waals surface area contributed by atoms with Crippen LogP contribution in [0.1, 0.15) is 101 Å². The van der Waals surface area contributed by atoms with Crippen LogP contribution in [0.15, 0.2) is 46.7 Å². The summed E-state index contributed by atoms with van der Waals surface area (Å²) in [5.41, 5.74) is 10.4. The molecule has 1 N–H and O–H groups in total. The molecular weight excluding hydrogens is 492 g/mol. The van der Waals surface area contributed by atoms with Crippen molar-refractivity contribution in [2.45, 2.75) is 79.1 Å². The van der Waals surface area contributed by atoms with Crippen molar-refractivity contribution >= 4 is 11.4 Å². The Labute approximate surface area is 214 Å². The SMILES string of the molecule is CC(C)c1cccc(C(C)C)c1N=NNc1c(C(C)C)cccc1C(C)C.[Cl-].[Cl-].[Zr+2]. The quantitative estimate of drug-likeness (QED) is 0.436. The van der Waals surface area contributed by atoms with E-state index in [4.69, 9.17) is 0 Å². The third-order valence-corrected chi connectivity index (χ3v) is 5.03. The summed E-state index contributed by atoms with van der Waals surface area (Å²) in [6, 6.07) is 12.9. The molecule has 164 valence electrons. The molecule has 0 unspecified atom stereocenters. The maximum atomic E-state index is 4.66. The van der Waals surface area contributed by atoms with Crippen molar-refractivity contribution in [3.63, 3.8) is 0 Å². The van der Waals surface area contributed by atoms with Crippen molar-refractivity contribution in [2.75, 3.05) is 5.43 Å². The number of halogens is 2. The molecule has 2 aromatic carbocycles. The van der Waals surface area contributed by atoms with Gasteiger partial charge in [-0.05, 0) is 45.9 Å². The molecule has 2 aromatic rings. The molecule has 0 radical (unpaired) electrons. The van der Waals surface area contributed by atoms with Crippen LogP contribution in [0.4, 0.5) is 11.4 Å². The van der Waals surface area contributed by atoms with E-state index < -0.39 is 0 Å². The average Bonchev–Trinajstić information content (AvgIpc) is 2.61. The molecule has 0 saturated carbocycles. The Balaban J connectivity index is 0. The zero-order chi connectivity index (χ0) is 20.1. The Bertz CT molecular complexity index is 751. The minimum Gasteiger partial charge on any atom is -1.00 e. The van der Waals surface area contributed by atoms with E-state index >= 15 is 0 Å². The van der Waals surface area contributed by atoms with E-state index in [0.717, 1.165) is 11.4 Å². The topological polar surface area (TPSA) is 36.8 Å². The number of rotatable bonds is 7. The van der Waals surface area contributed by atoms with Crippen molar-refractivity contribution in [1.82, 2.24) is 0 Å². The van der Waals surface area contributed by atoms with Crippen LogP contribution in [0.25, 0.3) is 0 Å². The molecule has 30 heavy (non-hydrogen) atoms. The van der Waals surface area contributed by atoms with E-state index in [9.17, 15) is 0 Å². The monoisotopic (exact) mass is 525 g/mol. The third kappa shape index (κ3) is 7.77. The standard InChI is InChI=1S/C24H35N3.2ClH.Zr/c1-15(2)19-11-9-12-20(16(3)4)23(19)25-27-26-24-21(17(5)6)13-10-14-22(24)18(7)8;;;/h9-18H,1-8H3,(H,25,26);2*1H;/q;;;+2/p-2. The summed E-state index contributed by atoms with van der Waals surface area (Å²) in [6.07, 6.45) is 0. The summed E-state index contributed by atoms with van der Waals surface area (Å²) in [6.45, 7) is 17.7. The van der Waals surface area contributed by atoms with Crippen LogP contribution in [0.5, 0.6) is 0 Å². The fourth-order valence-electron chi connectivity index (χ4n) is 3.43. The van der Waals surface area contributed by atoms with Crippen molar-refractivity contribution in [3.8, 4) is 0 Å². The summed E-state index contributed by atoms with van der Waals surface area (Å²) < 4.78 is 0. The first-order chi connectivity index (χ1) is 12.7. The molecule has 0 aliphatic rings. The van der Waals surface area contributed by atoms with Gasteiger partial charge in [0.25, 0.3) is 0 Å². The number of hydrogen-bond donors (Lipinski definition) is 1. The Kier molecular flexibility index (Phi) is 15.1. The predicted molar refractivity (Wildman–Crippen MR) is 117 cm³/mol. The van der Waals surface area contributed by atoms with Gasteiger partial charge < -0.3 is 24.8 Å². The molecule has 0 aromatic heterocycles. The molecule has 0 heterocycles. The Morgan fingerprint density at radius 2 is 0.933 bits per heavy atom.